The van der Waals surface area contributed by atoms with Crippen molar-refractivity contribution in [1.29, 1.82) is 0 Å². The molecule has 0 saturated heterocycles. The van der Waals surface area contributed by atoms with Gasteiger partial charge in [-0.25, -0.2) is 0 Å². The number of nitrogens with zero attached hydrogens (tertiary/aromatic N) is 1. The van der Waals surface area contributed by atoms with Crippen LogP contribution in [-0.4, -0.2) is 12.4 Å². The molecule has 2 heteroatoms. The molecule has 0 aliphatic carbocycles. The van der Waals surface area contributed by atoms with E-state index in [2.05, 4.69) is 11.6 Å². The van der Waals surface area contributed by atoms with Crippen LogP contribution in [0.25, 0.3) is 0 Å². The third-order valence-corrected chi connectivity index (χ3v) is 1.02. The lowest BCUT2D eigenvalue weighted by atomic mass is 10.2. The largest absolute Gasteiger partial charge is 0.390 e. The highest BCUT2D eigenvalue weighted by Crippen LogP contribution is 1.98. The zero-order valence-electron chi connectivity index (χ0n) is 5.39. The molecule has 1 atom stereocenters. The number of rotatable bonds is 2. The van der Waals surface area contributed by atoms with Crippen molar-refractivity contribution < 1.29 is 0 Å². The first-order chi connectivity index (χ1) is 3.68. The number of hydrogen-bond acceptors (Lipinski definition) is 1. The van der Waals surface area contributed by atoms with Crippen LogP contribution in [0.4, 0.5) is 0 Å². The molecule has 1 unspecified atom stereocenters. The van der Waals surface area contributed by atoms with Gasteiger partial charge in [0.2, 0.25) is 0 Å². The maximum Gasteiger partial charge on any atom is 0.0805 e. The molecule has 0 aliphatic heterocycles. The second kappa shape index (κ2) is 3.24. The van der Waals surface area contributed by atoms with E-state index < -0.39 is 0 Å². The van der Waals surface area contributed by atoms with Gasteiger partial charge in [0.25, 0.3) is 0 Å². The van der Waals surface area contributed by atoms with Crippen molar-refractivity contribution in [3.63, 3.8) is 0 Å². The van der Waals surface area contributed by atoms with Crippen molar-refractivity contribution in [1.82, 2.24) is 0 Å². The van der Waals surface area contributed by atoms with E-state index in [-0.39, 0.29) is 6.04 Å². The van der Waals surface area contributed by atoms with Gasteiger partial charge in [0.05, 0.1) is 12.4 Å². The summed E-state index contributed by atoms with van der Waals surface area (Å²) in [5.41, 5.74) is 6.07. The molecule has 0 bridgehead atoms. The molecule has 0 aromatic rings. The monoisotopic (exact) mass is 112 g/mol. The summed E-state index contributed by atoms with van der Waals surface area (Å²) >= 11 is 0. The Balaban J connectivity index is 3.64. The van der Waals surface area contributed by atoms with Crippen LogP contribution in [-0.2, 0) is 0 Å². The van der Waals surface area contributed by atoms with Crippen molar-refractivity contribution in [2.24, 2.45) is 10.7 Å². The molecular weight excluding hydrogens is 100 g/mol. The normalized spacial score (nSPS) is 14.2. The van der Waals surface area contributed by atoms with Gasteiger partial charge in [-0.05, 0) is 13.8 Å². The fourth-order valence-corrected chi connectivity index (χ4v) is 0.256. The summed E-state index contributed by atoms with van der Waals surface area (Å²) in [7, 11) is 0. The molecule has 2 N–H and O–H groups in total. The summed E-state index contributed by atoms with van der Waals surface area (Å²) in [5.74, 6) is 0. The average Bonchev–Trinajstić information content (AvgIpc) is 1.67. The van der Waals surface area contributed by atoms with Gasteiger partial charge < -0.3 is 5.73 Å². The molecule has 8 heavy (non-hydrogen) atoms. The Bertz CT molecular complexity index is 105. The van der Waals surface area contributed by atoms with E-state index in [0.29, 0.717) is 0 Å². The van der Waals surface area contributed by atoms with Crippen molar-refractivity contribution in [2.45, 2.75) is 19.9 Å². The molecular formula is C6H12N2. The molecule has 0 radical (unpaired) electrons. The highest BCUT2D eigenvalue weighted by Gasteiger charge is 1.93. The molecule has 0 spiro atoms. The maximum absolute atomic E-state index is 5.03. The Morgan fingerprint density at radius 3 is 2.50 bits per heavy atom. The zero-order chi connectivity index (χ0) is 6.57. The second-order valence-corrected chi connectivity index (χ2v) is 1.82. The summed E-state index contributed by atoms with van der Waals surface area (Å²) in [6.07, 6.45) is 1.30. The lowest BCUT2D eigenvalue weighted by molar-refractivity contribution is 0.870. The van der Waals surface area contributed by atoms with E-state index in [1.807, 2.05) is 13.8 Å². The van der Waals surface area contributed by atoms with Crippen molar-refractivity contribution in [3.05, 3.63) is 12.2 Å². The van der Waals surface area contributed by atoms with E-state index in [9.17, 15) is 0 Å². The Hall–Kier alpha value is -0.790. The minimum Gasteiger partial charge on any atom is -0.390 e. The van der Waals surface area contributed by atoms with E-state index >= 15 is 0 Å². The highest BCUT2D eigenvalue weighted by molar-refractivity contribution is 5.51. The molecule has 0 saturated carbocycles. The van der Waals surface area contributed by atoms with E-state index in [0.717, 1.165) is 5.57 Å². The van der Waals surface area contributed by atoms with Crippen molar-refractivity contribution in [3.8, 4) is 0 Å². The summed E-state index contributed by atoms with van der Waals surface area (Å²) in [6, 6.07) is 0.167. The predicted molar refractivity (Wildman–Crippen MR) is 37.0 cm³/mol. The maximum atomic E-state index is 5.03. The SMILES string of the molecule is C=C(C)C(C)N=CN. The fourth-order valence-electron chi connectivity index (χ4n) is 0.256. The van der Waals surface area contributed by atoms with Crippen LogP contribution < -0.4 is 5.73 Å². The highest BCUT2D eigenvalue weighted by atomic mass is 14.8. The second-order valence-electron chi connectivity index (χ2n) is 1.82. The van der Waals surface area contributed by atoms with Crippen molar-refractivity contribution >= 4 is 6.34 Å². The first kappa shape index (κ1) is 7.21. The van der Waals surface area contributed by atoms with E-state index in [4.69, 9.17) is 5.73 Å². The summed E-state index contributed by atoms with van der Waals surface area (Å²) in [5, 5.41) is 0. The quantitative estimate of drug-likeness (QED) is 0.322. The van der Waals surface area contributed by atoms with Crippen LogP contribution in [0.2, 0.25) is 0 Å². The molecule has 0 aromatic carbocycles. The Kier molecular flexibility index (Phi) is 2.92. The van der Waals surface area contributed by atoms with Gasteiger partial charge >= 0.3 is 0 Å². The Labute approximate surface area is 50.1 Å². The molecule has 0 amide bonds. The van der Waals surface area contributed by atoms with Gasteiger partial charge in [-0.1, -0.05) is 12.2 Å². The van der Waals surface area contributed by atoms with Gasteiger partial charge in [-0.15, -0.1) is 0 Å². The van der Waals surface area contributed by atoms with Crippen molar-refractivity contribution in [2.75, 3.05) is 0 Å². The van der Waals surface area contributed by atoms with Crippen LogP contribution in [0.1, 0.15) is 13.8 Å². The minimum atomic E-state index is 0.167. The number of nitrogens with two attached hydrogens (primary N) is 1. The standard InChI is InChI=1S/C6H12N2/c1-5(2)6(3)8-4-7/h4,6H,1H2,2-3H3,(H2,7,8). The topological polar surface area (TPSA) is 38.4 Å². The molecule has 2 nitrogen and oxygen atoms in total. The fraction of sp³-hybridized carbons (Fsp3) is 0.500. The molecule has 0 aliphatic rings. The molecule has 0 heterocycles. The first-order valence-corrected chi connectivity index (χ1v) is 2.57. The van der Waals surface area contributed by atoms with Crippen LogP contribution in [0.3, 0.4) is 0 Å². The third kappa shape index (κ3) is 2.39. The van der Waals surface area contributed by atoms with Gasteiger partial charge in [0.1, 0.15) is 0 Å². The predicted octanol–water partition coefficient (Wildman–Crippen LogP) is 0.938. The molecule has 46 valence electrons. The smallest absolute Gasteiger partial charge is 0.0805 e. The number of hydrogen-bond donors (Lipinski definition) is 1. The lowest BCUT2D eigenvalue weighted by Crippen LogP contribution is -2.01. The molecule has 0 aromatic heterocycles. The van der Waals surface area contributed by atoms with Gasteiger partial charge in [-0.3, -0.25) is 4.99 Å². The zero-order valence-corrected chi connectivity index (χ0v) is 5.39. The van der Waals surface area contributed by atoms with E-state index in [1.165, 1.54) is 6.34 Å². The average molecular weight is 112 g/mol. The molecule has 0 rings (SSSR count). The van der Waals surface area contributed by atoms with Crippen LogP contribution in [0, 0.1) is 0 Å². The lowest BCUT2D eigenvalue weighted by Gasteiger charge is -2.00. The van der Waals surface area contributed by atoms with Gasteiger partial charge in [-0.2, -0.15) is 0 Å². The Morgan fingerprint density at radius 2 is 2.38 bits per heavy atom. The Morgan fingerprint density at radius 1 is 1.88 bits per heavy atom. The van der Waals surface area contributed by atoms with Gasteiger partial charge in [0.15, 0.2) is 0 Å². The van der Waals surface area contributed by atoms with Crippen LogP contribution >= 0.6 is 0 Å². The summed E-state index contributed by atoms with van der Waals surface area (Å²) in [4.78, 5) is 3.88. The summed E-state index contributed by atoms with van der Waals surface area (Å²) in [6.45, 7) is 7.58. The minimum absolute atomic E-state index is 0.167. The van der Waals surface area contributed by atoms with E-state index in [1.54, 1.807) is 0 Å². The van der Waals surface area contributed by atoms with Crippen LogP contribution in [0.5, 0.6) is 0 Å². The molecule has 0 fully saturated rings. The van der Waals surface area contributed by atoms with Crippen LogP contribution in [0.15, 0.2) is 17.1 Å². The van der Waals surface area contributed by atoms with Gasteiger partial charge in [0, 0.05) is 0 Å². The number of aliphatic imine (C=N–C) groups is 1. The first-order valence-electron chi connectivity index (χ1n) is 2.57. The third-order valence-electron chi connectivity index (χ3n) is 1.02. The summed E-state index contributed by atoms with van der Waals surface area (Å²) < 4.78 is 0.